The Hall–Kier alpha value is -2.71. The summed E-state index contributed by atoms with van der Waals surface area (Å²) in [4.78, 5) is 23.1. The first kappa shape index (κ1) is 24.4. The number of likely N-dealkylation sites (tertiary alicyclic amines) is 1. The van der Waals surface area contributed by atoms with Crippen LogP contribution in [0.25, 0.3) is 0 Å². The first-order valence-electron chi connectivity index (χ1n) is 12.4. The largest absolute Gasteiger partial charge is 0.491 e. The average molecular weight is 469 g/mol. The molecule has 2 atom stereocenters. The SMILES string of the molecule is CC(C)Oc1ccncc1C(C(=O)O)N1CC[C@@H](OCCCCc2ccc3c(n2)CCCN3)C1. The number of aryl methyl sites for hydroxylation is 2. The second kappa shape index (κ2) is 11.6. The summed E-state index contributed by atoms with van der Waals surface area (Å²) >= 11 is 0. The van der Waals surface area contributed by atoms with Gasteiger partial charge in [0.15, 0.2) is 0 Å². The van der Waals surface area contributed by atoms with Crippen LogP contribution < -0.4 is 10.1 Å². The summed E-state index contributed by atoms with van der Waals surface area (Å²) in [6, 6.07) is 5.22. The molecule has 34 heavy (non-hydrogen) atoms. The number of nitrogens with one attached hydrogen (secondary N) is 1. The first-order chi connectivity index (χ1) is 16.5. The second-order valence-electron chi connectivity index (χ2n) is 9.38. The zero-order valence-corrected chi connectivity index (χ0v) is 20.2. The average Bonchev–Trinajstić information content (AvgIpc) is 3.27. The summed E-state index contributed by atoms with van der Waals surface area (Å²) in [5.41, 5.74) is 4.11. The smallest absolute Gasteiger partial charge is 0.325 e. The number of hydrogen-bond acceptors (Lipinski definition) is 7. The third-order valence-corrected chi connectivity index (χ3v) is 6.36. The topological polar surface area (TPSA) is 96.8 Å². The third kappa shape index (κ3) is 6.24. The molecule has 4 heterocycles. The molecule has 184 valence electrons. The van der Waals surface area contributed by atoms with Crippen LogP contribution >= 0.6 is 0 Å². The molecule has 0 radical (unpaired) electrons. The van der Waals surface area contributed by atoms with E-state index in [1.807, 2.05) is 18.7 Å². The minimum absolute atomic E-state index is 0.0425. The third-order valence-electron chi connectivity index (χ3n) is 6.36. The Labute approximate surface area is 201 Å². The van der Waals surface area contributed by atoms with Crippen molar-refractivity contribution in [3.63, 3.8) is 0 Å². The zero-order valence-electron chi connectivity index (χ0n) is 20.2. The molecule has 0 saturated carbocycles. The Kier molecular flexibility index (Phi) is 8.34. The maximum absolute atomic E-state index is 12.2. The molecule has 2 aromatic heterocycles. The van der Waals surface area contributed by atoms with Gasteiger partial charge >= 0.3 is 5.97 Å². The molecule has 1 fully saturated rings. The Morgan fingerprint density at radius 3 is 3.00 bits per heavy atom. The molecule has 2 aromatic rings. The monoisotopic (exact) mass is 468 g/mol. The van der Waals surface area contributed by atoms with Crippen molar-refractivity contribution >= 4 is 11.7 Å². The van der Waals surface area contributed by atoms with Crippen LogP contribution in [0.1, 0.15) is 62.5 Å². The number of nitrogens with zero attached hydrogens (tertiary/aromatic N) is 3. The van der Waals surface area contributed by atoms with E-state index < -0.39 is 12.0 Å². The number of ether oxygens (including phenoxy) is 2. The van der Waals surface area contributed by atoms with Crippen molar-refractivity contribution in [1.82, 2.24) is 14.9 Å². The minimum atomic E-state index is -0.894. The Morgan fingerprint density at radius 2 is 2.18 bits per heavy atom. The molecule has 2 N–H and O–H groups in total. The molecule has 4 rings (SSSR count). The number of anilines is 1. The van der Waals surface area contributed by atoms with E-state index in [4.69, 9.17) is 14.5 Å². The lowest BCUT2D eigenvalue weighted by atomic mass is 10.1. The molecule has 8 nitrogen and oxygen atoms in total. The summed E-state index contributed by atoms with van der Waals surface area (Å²) in [5.74, 6) is -0.316. The minimum Gasteiger partial charge on any atom is -0.491 e. The number of pyridine rings is 2. The van der Waals surface area contributed by atoms with Gasteiger partial charge in [0.2, 0.25) is 0 Å². The summed E-state index contributed by atoms with van der Waals surface area (Å²) in [5, 5.41) is 13.4. The van der Waals surface area contributed by atoms with Crippen LogP contribution in [0.5, 0.6) is 5.75 Å². The van der Waals surface area contributed by atoms with Crippen LogP contribution in [0.4, 0.5) is 5.69 Å². The van der Waals surface area contributed by atoms with E-state index in [1.165, 1.54) is 11.4 Å². The molecule has 0 spiro atoms. The predicted molar refractivity (Wildman–Crippen MR) is 130 cm³/mol. The van der Waals surface area contributed by atoms with Gasteiger partial charge in [-0.2, -0.15) is 0 Å². The Bertz CT molecular complexity index is 968. The van der Waals surface area contributed by atoms with Crippen molar-refractivity contribution in [2.24, 2.45) is 0 Å². The summed E-state index contributed by atoms with van der Waals surface area (Å²) in [7, 11) is 0. The number of carboxylic acids is 1. The van der Waals surface area contributed by atoms with Crippen molar-refractivity contribution in [2.45, 2.75) is 70.6 Å². The number of hydrogen-bond donors (Lipinski definition) is 2. The van der Waals surface area contributed by atoms with Gasteiger partial charge in [-0.05, 0) is 70.6 Å². The molecule has 1 saturated heterocycles. The number of fused-ring (bicyclic) bond motifs is 1. The summed E-state index contributed by atoms with van der Waals surface area (Å²) in [6.07, 6.45) is 9.20. The fraction of sp³-hybridized carbons (Fsp3) is 0.577. The molecular formula is C26H36N4O4. The highest BCUT2D eigenvalue weighted by atomic mass is 16.5. The molecule has 2 aliphatic rings. The fourth-order valence-electron chi connectivity index (χ4n) is 4.75. The van der Waals surface area contributed by atoms with Gasteiger partial charge in [0.05, 0.1) is 23.6 Å². The van der Waals surface area contributed by atoms with E-state index in [0.717, 1.165) is 50.8 Å². The van der Waals surface area contributed by atoms with Gasteiger partial charge in [-0.3, -0.25) is 19.7 Å². The summed E-state index contributed by atoms with van der Waals surface area (Å²) < 4.78 is 12.0. The van der Waals surface area contributed by atoms with Crippen molar-refractivity contribution in [2.75, 3.05) is 31.6 Å². The second-order valence-corrected chi connectivity index (χ2v) is 9.38. The van der Waals surface area contributed by atoms with E-state index in [9.17, 15) is 9.90 Å². The van der Waals surface area contributed by atoms with Gasteiger partial charge in [0.25, 0.3) is 0 Å². The van der Waals surface area contributed by atoms with Crippen LogP contribution in [-0.4, -0.2) is 64.4 Å². The van der Waals surface area contributed by atoms with E-state index >= 15 is 0 Å². The lowest BCUT2D eigenvalue weighted by Gasteiger charge is -2.26. The molecule has 1 unspecified atom stereocenters. The van der Waals surface area contributed by atoms with Crippen molar-refractivity contribution < 1.29 is 19.4 Å². The molecule has 8 heteroatoms. The molecule has 2 aliphatic heterocycles. The predicted octanol–water partition coefficient (Wildman–Crippen LogP) is 3.86. The summed E-state index contributed by atoms with van der Waals surface area (Å²) in [6.45, 7) is 6.83. The normalized spacial score (nSPS) is 19.0. The van der Waals surface area contributed by atoms with Crippen LogP contribution in [-0.2, 0) is 22.4 Å². The quantitative estimate of drug-likeness (QED) is 0.480. The number of aliphatic carboxylic acids is 1. The van der Waals surface area contributed by atoms with Crippen LogP contribution in [0, 0.1) is 0 Å². The van der Waals surface area contributed by atoms with E-state index in [0.29, 0.717) is 31.0 Å². The van der Waals surface area contributed by atoms with Gasteiger partial charge < -0.3 is 19.9 Å². The van der Waals surface area contributed by atoms with Crippen molar-refractivity contribution in [3.05, 3.63) is 47.5 Å². The maximum atomic E-state index is 12.2. The van der Waals surface area contributed by atoms with Crippen molar-refractivity contribution in [3.8, 4) is 5.75 Å². The maximum Gasteiger partial charge on any atom is 0.325 e. The number of carboxylic acid groups (broad SMARTS) is 1. The van der Waals surface area contributed by atoms with Crippen LogP contribution in [0.2, 0.25) is 0 Å². The number of carbonyl (C=O) groups is 1. The van der Waals surface area contributed by atoms with Gasteiger partial charge in [0, 0.05) is 49.9 Å². The Morgan fingerprint density at radius 1 is 1.29 bits per heavy atom. The lowest BCUT2D eigenvalue weighted by molar-refractivity contribution is -0.143. The molecular weight excluding hydrogens is 432 g/mol. The molecule has 0 bridgehead atoms. The van der Waals surface area contributed by atoms with Crippen LogP contribution in [0.3, 0.4) is 0 Å². The van der Waals surface area contributed by atoms with E-state index in [1.54, 1.807) is 18.5 Å². The number of unbranched alkanes of at least 4 members (excludes halogenated alkanes) is 1. The Balaban J connectivity index is 1.24. The lowest BCUT2D eigenvalue weighted by Crippen LogP contribution is -2.34. The van der Waals surface area contributed by atoms with Crippen molar-refractivity contribution in [1.29, 1.82) is 0 Å². The fourth-order valence-corrected chi connectivity index (χ4v) is 4.75. The zero-order chi connectivity index (χ0) is 23.9. The highest BCUT2D eigenvalue weighted by Gasteiger charge is 2.36. The standard InChI is InChI=1S/C26H36N4O4/c1-18(2)34-24-10-13-27-16-21(24)25(26(31)32)30-14-11-20(17-30)33-15-4-3-6-19-8-9-22-23(29-19)7-5-12-28-22/h8-10,13,16,18,20,25,28H,3-7,11-12,14-15,17H2,1-2H3,(H,31,32)/t20-,25?/m1/s1. The van der Waals surface area contributed by atoms with Crippen LogP contribution in [0.15, 0.2) is 30.6 Å². The van der Waals surface area contributed by atoms with E-state index in [-0.39, 0.29) is 12.2 Å². The molecule has 0 aromatic carbocycles. The van der Waals surface area contributed by atoms with E-state index in [2.05, 4.69) is 22.4 Å². The highest BCUT2D eigenvalue weighted by molar-refractivity contribution is 5.76. The van der Waals surface area contributed by atoms with Gasteiger partial charge in [-0.1, -0.05) is 0 Å². The highest BCUT2D eigenvalue weighted by Crippen LogP contribution is 2.32. The first-order valence-corrected chi connectivity index (χ1v) is 12.4. The molecule has 0 amide bonds. The van der Waals surface area contributed by atoms with Gasteiger partial charge in [-0.25, -0.2) is 0 Å². The number of rotatable bonds is 11. The van der Waals surface area contributed by atoms with Gasteiger partial charge in [0.1, 0.15) is 11.8 Å². The van der Waals surface area contributed by atoms with Gasteiger partial charge in [-0.15, -0.1) is 0 Å². The molecule has 0 aliphatic carbocycles. The number of aromatic nitrogens is 2.